The van der Waals surface area contributed by atoms with Crippen LogP contribution >= 0.6 is 22.6 Å². The van der Waals surface area contributed by atoms with Crippen LogP contribution in [-0.2, 0) is 4.74 Å². The fraction of sp³-hybridized carbons (Fsp3) is 0.286. The third-order valence-corrected chi connectivity index (χ3v) is 6.63. The Morgan fingerprint density at radius 2 is 2.07 bits per heavy atom. The molecular weight excluding hydrogens is 472 g/mol. The molecule has 0 spiro atoms. The van der Waals surface area contributed by atoms with Gasteiger partial charge in [-0.15, -0.1) is 0 Å². The number of hydrogen-bond acceptors (Lipinski definition) is 3. The van der Waals surface area contributed by atoms with Gasteiger partial charge in [0.15, 0.2) is 11.6 Å². The molecular formula is C21H19FIN3O2. The van der Waals surface area contributed by atoms with Crippen molar-refractivity contribution in [1.82, 2.24) is 14.8 Å². The number of ether oxygens (including phenoxy) is 2. The number of hydrogen-bond donors (Lipinski definition) is 1. The highest BCUT2D eigenvalue weighted by molar-refractivity contribution is 14.1. The SMILES string of the molecule is COc1cc(-n2c(C3CCOCC3)c(I)c3cc4[nH]ncc4cc32)ccc1F. The molecule has 0 saturated carbocycles. The number of benzene rings is 2. The molecule has 0 radical (unpaired) electrons. The second kappa shape index (κ2) is 7.04. The number of fused-ring (bicyclic) bond motifs is 2. The maximum absolute atomic E-state index is 14.1. The molecule has 5 nitrogen and oxygen atoms in total. The lowest BCUT2D eigenvalue weighted by Crippen LogP contribution is -2.17. The maximum atomic E-state index is 14.1. The summed E-state index contributed by atoms with van der Waals surface area (Å²) in [6.07, 6.45) is 3.78. The number of H-pyrrole nitrogens is 1. The van der Waals surface area contributed by atoms with Crippen LogP contribution in [0, 0.1) is 9.39 Å². The van der Waals surface area contributed by atoms with Gasteiger partial charge in [-0.05, 0) is 59.7 Å². The Balaban J connectivity index is 1.83. The van der Waals surface area contributed by atoms with Crippen molar-refractivity contribution in [3.63, 3.8) is 0 Å². The van der Waals surface area contributed by atoms with Crippen LogP contribution in [0.3, 0.4) is 0 Å². The lowest BCUT2D eigenvalue weighted by molar-refractivity contribution is 0.0841. The van der Waals surface area contributed by atoms with Gasteiger partial charge in [0.25, 0.3) is 0 Å². The summed E-state index contributed by atoms with van der Waals surface area (Å²) < 4.78 is 28.4. The zero-order chi connectivity index (χ0) is 19.3. The van der Waals surface area contributed by atoms with E-state index in [1.54, 1.807) is 6.07 Å². The van der Waals surface area contributed by atoms with Crippen molar-refractivity contribution in [3.8, 4) is 11.4 Å². The van der Waals surface area contributed by atoms with Crippen LogP contribution in [0.2, 0.25) is 0 Å². The number of halogens is 2. The van der Waals surface area contributed by atoms with Crippen molar-refractivity contribution in [2.24, 2.45) is 0 Å². The van der Waals surface area contributed by atoms with Gasteiger partial charge >= 0.3 is 0 Å². The molecule has 0 atom stereocenters. The Hall–Kier alpha value is -2.13. The highest BCUT2D eigenvalue weighted by atomic mass is 127. The first-order valence-electron chi connectivity index (χ1n) is 9.26. The number of aromatic amines is 1. The van der Waals surface area contributed by atoms with Gasteiger partial charge in [0.05, 0.1) is 24.3 Å². The summed E-state index contributed by atoms with van der Waals surface area (Å²) >= 11 is 2.44. The topological polar surface area (TPSA) is 52.1 Å². The number of rotatable bonds is 3. The van der Waals surface area contributed by atoms with Gasteiger partial charge in [0, 0.05) is 50.9 Å². The Kier molecular flexibility index (Phi) is 4.51. The number of nitrogens with zero attached hydrogens (tertiary/aromatic N) is 2. The van der Waals surface area contributed by atoms with Gasteiger partial charge in [0.1, 0.15) is 0 Å². The van der Waals surface area contributed by atoms with Crippen LogP contribution in [0.1, 0.15) is 24.5 Å². The van der Waals surface area contributed by atoms with Gasteiger partial charge in [-0.3, -0.25) is 5.10 Å². The van der Waals surface area contributed by atoms with E-state index in [0.717, 1.165) is 48.2 Å². The lowest BCUT2D eigenvalue weighted by atomic mass is 9.96. The first-order valence-corrected chi connectivity index (χ1v) is 10.3. The molecule has 144 valence electrons. The quantitative estimate of drug-likeness (QED) is 0.404. The van der Waals surface area contributed by atoms with Crippen molar-refractivity contribution in [2.75, 3.05) is 20.3 Å². The minimum absolute atomic E-state index is 0.247. The van der Waals surface area contributed by atoms with E-state index in [2.05, 4.69) is 49.5 Å². The summed E-state index contributed by atoms with van der Waals surface area (Å²) in [7, 11) is 1.49. The minimum atomic E-state index is -0.359. The van der Waals surface area contributed by atoms with Gasteiger partial charge in [-0.25, -0.2) is 4.39 Å². The summed E-state index contributed by atoms with van der Waals surface area (Å²) in [4.78, 5) is 0. The molecule has 0 unspecified atom stereocenters. The van der Waals surface area contributed by atoms with E-state index in [-0.39, 0.29) is 11.6 Å². The van der Waals surface area contributed by atoms with Gasteiger partial charge in [0.2, 0.25) is 0 Å². The van der Waals surface area contributed by atoms with Gasteiger partial charge in [-0.2, -0.15) is 5.10 Å². The molecule has 5 rings (SSSR count). The zero-order valence-corrected chi connectivity index (χ0v) is 17.5. The predicted molar refractivity (Wildman–Crippen MR) is 115 cm³/mol. The third kappa shape index (κ3) is 2.79. The molecule has 3 heterocycles. The number of aromatic nitrogens is 3. The zero-order valence-electron chi connectivity index (χ0n) is 15.3. The summed E-state index contributed by atoms with van der Waals surface area (Å²) in [5, 5.41) is 9.44. The Morgan fingerprint density at radius 1 is 1.25 bits per heavy atom. The van der Waals surface area contributed by atoms with Crippen LogP contribution in [0.15, 0.2) is 36.5 Å². The largest absolute Gasteiger partial charge is 0.494 e. The first kappa shape index (κ1) is 17.9. The minimum Gasteiger partial charge on any atom is -0.494 e. The molecule has 0 aliphatic carbocycles. The molecule has 4 aromatic rings. The monoisotopic (exact) mass is 491 g/mol. The predicted octanol–water partition coefficient (Wildman–Crippen LogP) is 5.15. The summed E-state index contributed by atoms with van der Waals surface area (Å²) in [6.45, 7) is 1.53. The Bertz CT molecular complexity index is 1180. The van der Waals surface area contributed by atoms with Crippen LogP contribution in [0.25, 0.3) is 27.5 Å². The summed E-state index contributed by atoms with van der Waals surface area (Å²) in [5.41, 5.74) is 4.26. The van der Waals surface area contributed by atoms with Crippen LogP contribution in [-0.4, -0.2) is 35.1 Å². The normalized spacial score (nSPS) is 15.5. The second-order valence-electron chi connectivity index (χ2n) is 7.07. The van der Waals surface area contributed by atoms with Crippen LogP contribution in [0.4, 0.5) is 4.39 Å². The molecule has 1 saturated heterocycles. The van der Waals surface area contributed by atoms with E-state index in [9.17, 15) is 4.39 Å². The second-order valence-corrected chi connectivity index (χ2v) is 8.15. The molecule has 1 aliphatic rings. The number of nitrogens with one attached hydrogen (secondary N) is 1. The maximum Gasteiger partial charge on any atom is 0.165 e. The van der Waals surface area contributed by atoms with Crippen molar-refractivity contribution >= 4 is 44.4 Å². The molecule has 1 N–H and O–H groups in total. The fourth-order valence-corrected chi connectivity index (χ4v) is 5.22. The van der Waals surface area contributed by atoms with E-state index in [1.807, 2.05) is 12.3 Å². The molecule has 28 heavy (non-hydrogen) atoms. The number of methoxy groups -OCH3 is 1. The fourth-order valence-electron chi connectivity index (χ4n) is 4.10. The average molecular weight is 491 g/mol. The van der Waals surface area contributed by atoms with E-state index in [4.69, 9.17) is 9.47 Å². The van der Waals surface area contributed by atoms with Crippen molar-refractivity contribution in [3.05, 3.63) is 51.6 Å². The molecule has 0 amide bonds. The summed E-state index contributed by atoms with van der Waals surface area (Å²) in [6, 6.07) is 9.36. The Morgan fingerprint density at radius 3 is 2.86 bits per heavy atom. The molecule has 1 fully saturated rings. The van der Waals surface area contributed by atoms with E-state index in [1.165, 1.54) is 27.8 Å². The molecule has 0 bridgehead atoms. The van der Waals surface area contributed by atoms with Gasteiger partial charge in [-0.1, -0.05) is 0 Å². The third-order valence-electron chi connectivity index (χ3n) is 5.50. The van der Waals surface area contributed by atoms with E-state index >= 15 is 0 Å². The van der Waals surface area contributed by atoms with Crippen molar-refractivity contribution < 1.29 is 13.9 Å². The van der Waals surface area contributed by atoms with Crippen molar-refractivity contribution in [1.29, 1.82) is 0 Å². The van der Waals surface area contributed by atoms with Crippen LogP contribution in [0.5, 0.6) is 5.75 Å². The van der Waals surface area contributed by atoms with Gasteiger partial charge < -0.3 is 14.0 Å². The van der Waals surface area contributed by atoms with Crippen molar-refractivity contribution in [2.45, 2.75) is 18.8 Å². The van der Waals surface area contributed by atoms with Crippen LogP contribution < -0.4 is 4.74 Å². The standard InChI is InChI=1S/C21H19FIN3O2/c1-27-19-9-14(2-3-16(19)22)26-18-8-13-11-24-25-17(13)10-15(18)20(23)21(26)12-4-6-28-7-5-12/h2-3,8-12H,4-7H2,1H3,(H,24,25). The first-order chi connectivity index (χ1) is 13.7. The average Bonchev–Trinajstić information content (AvgIpc) is 3.29. The Labute approximate surface area is 175 Å². The lowest BCUT2D eigenvalue weighted by Gasteiger charge is -2.25. The van der Waals surface area contributed by atoms with E-state index < -0.39 is 0 Å². The van der Waals surface area contributed by atoms with E-state index in [0.29, 0.717) is 5.92 Å². The highest BCUT2D eigenvalue weighted by Gasteiger charge is 2.26. The molecule has 2 aromatic carbocycles. The smallest absolute Gasteiger partial charge is 0.165 e. The molecule has 1 aliphatic heterocycles. The molecule has 7 heteroatoms. The highest BCUT2D eigenvalue weighted by Crippen LogP contribution is 2.40. The summed E-state index contributed by atoms with van der Waals surface area (Å²) in [5.74, 6) is 0.277. The molecule has 2 aromatic heterocycles.